The summed E-state index contributed by atoms with van der Waals surface area (Å²) >= 11 is 0. The fraction of sp³-hybridized carbons (Fsp3) is 0.500. The summed E-state index contributed by atoms with van der Waals surface area (Å²) in [5.41, 5.74) is 3.76. The van der Waals surface area contributed by atoms with Gasteiger partial charge in [-0.2, -0.15) is 0 Å². The Balaban J connectivity index is 2.14. The molecule has 2 aromatic rings. The van der Waals surface area contributed by atoms with Gasteiger partial charge in [-0.3, -0.25) is 13.9 Å². The van der Waals surface area contributed by atoms with Crippen molar-refractivity contribution < 1.29 is 18.0 Å². The molecule has 0 aliphatic carbocycles. The zero-order chi connectivity index (χ0) is 26.9. The predicted molar refractivity (Wildman–Crippen MR) is 146 cm³/mol. The van der Waals surface area contributed by atoms with E-state index >= 15 is 0 Å². The average Bonchev–Trinajstić information content (AvgIpc) is 2.83. The van der Waals surface area contributed by atoms with E-state index in [4.69, 9.17) is 0 Å². The van der Waals surface area contributed by atoms with Crippen molar-refractivity contribution in [1.82, 2.24) is 10.2 Å². The van der Waals surface area contributed by atoms with Gasteiger partial charge in [0.1, 0.15) is 6.04 Å². The van der Waals surface area contributed by atoms with E-state index in [0.717, 1.165) is 23.1 Å². The first-order valence-electron chi connectivity index (χ1n) is 12.6. The van der Waals surface area contributed by atoms with Crippen molar-refractivity contribution in [3.05, 3.63) is 65.2 Å². The largest absolute Gasteiger partial charge is 0.354 e. The number of carbonyl (C=O) groups is 2. The third-order valence-corrected chi connectivity index (χ3v) is 7.30. The van der Waals surface area contributed by atoms with Crippen LogP contribution in [0.1, 0.15) is 57.2 Å². The molecule has 0 fully saturated rings. The molecule has 1 N–H and O–H groups in total. The number of carbonyl (C=O) groups excluding carboxylic acids is 2. The Morgan fingerprint density at radius 1 is 0.944 bits per heavy atom. The maximum atomic E-state index is 13.3. The minimum Gasteiger partial charge on any atom is -0.354 e. The van der Waals surface area contributed by atoms with Crippen LogP contribution in [0.4, 0.5) is 5.69 Å². The predicted octanol–water partition coefficient (Wildman–Crippen LogP) is 4.29. The van der Waals surface area contributed by atoms with Gasteiger partial charge in [-0.05, 0) is 55.9 Å². The number of hydrogen-bond acceptors (Lipinski definition) is 4. The molecule has 2 amide bonds. The Kier molecular flexibility index (Phi) is 11.0. The van der Waals surface area contributed by atoms with E-state index in [1.54, 1.807) is 24.0 Å². The van der Waals surface area contributed by atoms with E-state index in [9.17, 15) is 18.0 Å². The number of nitrogens with one attached hydrogen (secondary N) is 1. The lowest BCUT2D eigenvalue weighted by atomic mass is 10.1. The number of sulfonamides is 1. The second-order valence-corrected chi connectivity index (χ2v) is 11.7. The molecule has 0 heterocycles. The summed E-state index contributed by atoms with van der Waals surface area (Å²) in [7, 11) is -3.51. The van der Waals surface area contributed by atoms with Crippen molar-refractivity contribution in [3.63, 3.8) is 0 Å². The molecule has 8 heteroatoms. The molecule has 36 heavy (non-hydrogen) atoms. The third-order valence-electron chi connectivity index (χ3n) is 6.11. The Labute approximate surface area is 216 Å². The minimum atomic E-state index is -3.51. The highest BCUT2D eigenvalue weighted by atomic mass is 32.2. The SMILES string of the molecule is CCc1ccc(N(CCCC(=O)N(Cc2ccc(C)cc2)[C@H](C)C(=O)NCC(C)C)S(C)(=O)=O)cc1. The lowest BCUT2D eigenvalue weighted by Crippen LogP contribution is -2.48. The van der Waals surface area contributed by atoms with Crippen LogP contribution < -0.4 is 9.62 Å². The molecular weight excluding hydrogens is 474 g/mol. The van der Waals surface area contributed by atoms with Gasteiger partial charge in [0.15, 0.2) is 0 Å². The van der Waals surface area contributed by atoms with E-state index < -0.39 is 16.1 Å². The molecule has 0 aliphatic rings. The van der Waals surface area contributed by atoms with E-state index in [-0.39, 0.29) is 24.8 Å². The van der Waals surface area contributed by atoms with Crippen molar-refractivity contribution >= 4 is 27.5 Å². The molecule has 0 bridgehead atoms. The van der Waals surface area contributed by atoms with Crippen molar-refractivity contribution in [2.45, 2.75) is 66.5 Å². The number of aryl methyl sites for hydroxylation is 2. The summed E-state index contributed by atoms with van der Waals surface area (Å²) in [6.07, 6.45) is 2.51. The van der Waals surface area contributed by atoms with Crippen LogP contribution in [-0.4, -0.2) is 50.5 Å². The van der Waals surface area contributed by atoms with Gasteiger partial charge in [0.2, 0.25) is 21.8 Å². The number of benzene rings is 2. The van der Waals surface area contributed by atoms with Gasteiger partial charge in [-0.1, -0.05) is 62.7 Å². The monoisotopic (exact) mass is 515 g/mol. The van der Waals surface area contributed by atoms with Gasteiger partial charge >= 0.3 is 0 Å². The number of rotatable bonds is 13. The van der Waals surface area contributed by atoms with Crippen molar-refractivity contribution in [3.8, 4) is 0 Å². The molecule has 0 saturated heterocycles. The summed E-state index contributed by atoms with van der Waals surface area (Å²) < 4.78 is 26.3. The molecule has 198 valence electrons. The maximum absolute atomic E-state index is 13.3. The summed E-state index contributed by atoms with van der Waals surface area (Å²) in [5, 5.41) is 2.92. The highest BCUT2D eigenvalue weighted by molar-refractivity contribution is 7.92. The number of anilines is 1. The second-order valence-electron chi connectivity index (χ2n) is 9.78. The van der Waals surface area contributed by atoms with Gasteiger partial charge in [-0.25, -0.2) is 8.42 Å². The van der Waals surface area contributed by atoms with Gasteiger partial charge in [-0.15, -0.1) is 0 Å². The minimum absolute atomic E-state index is 0.132. The Morgan fingerprint density at radius 2 is 1.53 bits per heavy atom. The van der Waals surface area contributed by atoms with Crippen molar-refractivity contribution in [2.75, 3.05) is 23.7 Å². The summed E-state index contributed by atoms with van der Waals surface area (Å²) in [5.74, 6) is -0.0775. The number of amides is 2. The molecule has 0 aliphatic heterocycles. The van der Waals surface area contributed by atoms with E-state index in [1.165, 1.54) is 10.6 Å². The number of hydrogen-bond donors (Lipinski definition) is 1. The molecule has 0 spiro atoms. The van der Waals surface area contributed by atoms with Crippen LogP contribution in [0, 0.1) is 12.8 Å². The van der Waals surface area contributed by atoms with E-state index in [2.05, 4.69) is 5.32 Å². The molecule has 0 saturated carbocycles. The molecule has 0 aromatic heterocycles. The summed E-state index contributed by atoms with van der Waals surface area (Å²) in [4.78, 5) is 27.7. The third kappa shape index (κ3) is 8.97. The first-order valence-corrected chi connectivity index (χ1v) is 14.5. The van der Waals surface area contributed by atoms with Gasteiger partial charge < -0.3 is 10.2 Å². The Bertz CT molecular complexity index is 1100. The van der Waals surface area contributed by atoms with Crippen LogP contribution in [-0.2, 0) is 32.6 Å². The quantitative estimate of drug-likeness (QED) is 0.431. The molecule has 1 atom stereocenters. The van der Waals surface area contributed by atoms with Gasteiger partial charge in [0.25, 0.3) is 0 Å². The molecule has 7 nitrogen and oxygen atoms in total. The van der Waals surface area contributed by atoms with Crippen LogP contribution in [0.15, 0.2) is 48.5 Å². The second kappa shape index (κ2) is 13.4. The van der Waals surface area contributed by atoms with Crippen LogP contribution in [0.2, 0.25) is 0 Å². The van der Waals surface area contributed by atoms with E-state index in [0.29, 0.717) is 31.1 Å². The Hall–Kier alpha value is -2.87. The van der Waals surface area contributed by atoms with Crippen LogP contribution in [0.5, 0.6) is 0 Å². The van der Waals surface area contributed by atoms with Crippen LogP contribution >= 0.6 is 0 Å². The highest BCUT2D eigenvalue weighted by Crippen LogP contribution is 2.20. The first-order chi connectivity index (χ1) is 16.9. The smallest absolute Gasteiger partial charge is 0.242 e. The van der Waals surface area contributed by atoms with Crippen molar-refractivity contribution in [1.29, 1.82) is 0 Å². The maximum Gasteiger partial charge on any atom is 0.242 e. The molecule has 2 rings (SSSR count). The average molecular weight is 516 g/mol. The van der Waals surface area contributed by atoms with Crippen LogP contribution in [0.25, 0.3) is 0 Å². The highest BCUT2D eigenvalue weighted by Gasteiger charge is 2.26. The topological polar surface area (TPSA) is 86.8 Å². The Morgan fingerprint density at radius 3 is 2.06 bits per heavy atom. The zero-order valence-corrected chi connectivity index (χ0v) is 23.3. The van der Waals surface area contributed by atoms with E-state index in [1.807, 2.05) is 64.1 Å². The van der Waals surface area contributed by atoms with Gasteiger partial charge in [0, 0.05) is 26.1 Å². The summed E-state index contributed by atoms with van der Waals surface area (Å²) in [6, 6.07) is 14.7. The summed E-state index contributed by atoms with van der Waals surface area (Å²) in [6.45, 7) is 10.8. The molecular formula is C28H41N3O4S. The zero-order valence-electron chi connectivity index (χ0n) is 22.5. The molecule has 0 unspecified atom stereocenters. The fourth-order valence-corrected chi connectivity index (χ4v) is 4.79. The molecule has 2 aromatic carbocycles. The number of nitrogens with zero attached hydrogens (tertiary/aromatic N) is 2. The standard InChI is InChI=1S/C28H41N3O4S/c1-7-24-14-16-26(17-15-24)31(36(6,34)35)18-8-9-27(32)30(20-25-12-10-22(4)11-13-25)23(5)28(33)29-19-21(2)3/h10-17,21,23H,7-9,18-20H2,1-6H3,(H,29,33)/t23-/m1/s1. The molecule has 0 radical (unpaired) electrons. The normalized spacial score (nSPS) is 12.3. The lowest BCUT2D eigenvalue weighted by Gasteiger charge is -2.29. The first kappa shape index (κ1) is 29.4. The van der Waals surface area contributed by atoms with Crippen LogP contribution in [0.3, 0.4) is 0 Å². The lowest BCUT2D eigenvalue weighted by molar-refractivity contribution is -0.140. The fourth-order valence-electron chi connectivity index (χ4n) is 3.83. The van der Waals surface area contributed by atoms with Gasteiger partial charge in [0.05, 0.1) is 11.9 Å². The van der Waals surface area contributed by atoms with Crippen molar-refractivity contribution in [2.24, 2.45) is 5.92 Å².